The Bertz CT molecular complexity index is 989. The van der Waals surface area contributed by atoms with Crippen molar-refractivity contribution < 1.29 is 19.1 Å². The highest BCUT2D eigenvalue weighted by Gasteiger charge is 2.68. The highest BCUT2D eigenvalue weighted by Crippen LogP contribution is 2.70. The molecular weight excluding hydrogens is 534 g/mol. The molecule has 0 aliphatic heterocycles. The van der Waals surface area contributed by atoms with Crippen molar-refractivity contribution in [2.45, 2.75) is 174 Å². The first kappa shape index (κ1) is 34.3. The highest BCUT2D eigenvalue weighted by atomic mass is 16.6. The van der Waals surface area contributed by atoms with Crippen LogP contribution in [0, 0.1) is 46.8 Å². The molecule has 1 N–H and O–H groups in total. The van der Waals surface area contributed by atoms with Gasteiger partial charge in [-0.2, -0.15) is 0 Å². The number of fused-ring (bicyclic) bond motifs is 5. The zero-order valence-corrected chi connectivity index (χ0v) is 28.4. The van der Waals surface area contributed by atoms with Gasteiger partial charge >= 0.3 is 11.9 Å². The van der Waals surface area contributed by atoms with Crippen molar-refractivity contribution in [2.24, 2.45) is 34.5 Å². The van der Waals surface area contributed by atoms with Crippen LogP contribution in [-0.2, 0) is 19.1 Å². The number of esters is 2. The maximum Gasteiger partial charge on any atom is 0.307 e. The number of carbonyl (C=O) groups excluding carboxylic acids is 2. The predicted molar refractivity (Wildman–Crippen MR) is 174 cm³/mol. The normalized spacial score (nSPS) is 38.0. The fourth-order valence-corrected chi connectivity index (χ4v) is 10.4. The Labute approximate surface area is 263 Å². The number of terminal acetylenes is 1. The van der Waals surface area contributed by atoms with E-state index in [0.717, 1.165) is 57.9 Å². The molecule has 0 bridgehead atoms. The first-order chi connectivity index (χ1) is 20.6. The van der Waals surface area contributed by atoms with E-state index in [-0.39, 0.29) is 22.8 Å². The van der Waals surface area contributed by atoms with E-state index in [4.69, 9.17) is 15.9 Å². The van der Waals surface area contributed by atoms with E-state index >= 15 is 0 Å². The van der Waals surface area contributed by atoms with Gasteiger partial charge in [0.15, 0.2) is 11.3 Å². The SMILES string of the molecule is C#CC1(OC(=O)CC)C[C@@H]2CC[C@@H]3[C@H](CC[C@@]4(C)[C@H]3CC[C@]4(NCCCCCCCCCCCC)OC(=O)CC)[C@@]2(C)C1. The van der Waals surface area contributed by atoms with Crippen LogP contribution in [0.5, 0.6) is 0 Å². The van der Waals surface area contributed by atoms with Crippen molar-refractivity contribution in [3.8, 4) is 12.3 Å². The van der Waals surface area contributed by atoms with Gasteiger partial charge < -0.3 is 9.47 Å². The second-order valence-corrected chi connectivity index (χ2v) is 15.3. The first-order valence-corrected chi connectivity index (χ1v) is 18.3. The van der Waals surface area contributed by atoms with E-state index in [1.165, 1.54) is 64.2 Å². The van der Waals surface area contributed by atoms with Gasteiger partial charge in [-0.15, -0.1) is 6.42 Å². The quantitative estimate of drug-likeness (QED) is 0.0832. The third-order valence-corrected chi connectivity index (χ3v) is 12.8. The molecule has 4 aliphatic rings. The third-order valence-electron chi connectivity index (χ3n) is 12.8. The molecule has 0 aromatic carbocycles. The van der Waals surface area contributed by atoms with Crippen LogP contribution in [0.25, 0.3) is 0 Å². The Hall–Kier alpha value is -1.54. The van der Waals surface area contributed by atoms with E-state index < -0.39 is 11.3 Å². The standard InChI is InChI=1S/C38H63NO4/c1-7-11-12-13-14-15-16-17-18-19-26-39-38(43-34(41)9-3)25-23-32-30-21-20-29-27-37(10-4,42-33(40)8-2)28-35(29,5)31(30)22-24-36(32,38)6/h4,29-32,39H,7-9,11-28H2,1-3,5-6H3/t29-,30+,31-,32-,35-,36-,37?,38-/m0/s1. The van der Waals surface area contributed by atoms with Crippen molar-refractivity contribution in [1.82, 2.24) is 5.32 Å². The summed E-state index contributed by atoms with van der Waals surface area (Å²) in [5.74, 6) is 4.88. The average molecular weight is 598 g/mol. The molecular formula is C38H63NO4. The number of nitrogens with one attached hydrogen (secondary N) is 1. The summed E-state index contributed by atoms with van der Waals surface area (Å²) in [4.78, 5) is 25.2. The monoisotopic (exact) mass is 597 g/mol. The van der Waals surface area contributed by atoms with Gasteiger partial charge in [-0.25, -0.2) is 0 Å². The molecule has 0 saturated heterocycles. The van der Waals surface area contributed by atoms with Crippen molar-refractivity contribution >= 4 is 11.9 Å². The molecule has 1 unspecified atom stereocenters. The minimum atomic E-state index is -0.755. The fraction of sp³-hybridized carbons (Fsp3) is 0.895. The van der Waals surface area contributed by atoms with Crippen LogP contribution in [0.15, 0.2) is 0 Å². The lowest BCUT2D eigenvalue weighted by molar-refractivity contribution is -0.196. The van der Waals surface area contributed by atoms with Crippen LogP contribution < -0.4 is 5.32 Å². The second-order valence-electron chi connectivity index (χ2n) is 15.3. The molecule has 4 aliphatic carbocycles. The summed E-state index contributed by atoms with van der Waals surface area (Å²) in [5, 5.41) is 3.90. The molecule has 4 fully saturated rings. The topological polar surface area (TPSA) is 64.6 Å². The van der Waals surface area contributed by atoms with Gasteiger partial charge in [-0.1, -0.05) is 98.3 Å². The van der Waals surface area contributed by atoms with E-state index in [0.29, 0.717) is 36.5 Å². The summed E-state index contributed by atoms with van der Waals surface area (Å²) in [6.07, 6.45) is 28.2. The lowest BCUT2D eigenvalue weighted by Gasteiger charge is -2.59. The minimum absolute atomic E-state index is 0.0723. The Balaban J connectivity index is 1.39. The van der Waals surface area contributed by atoms with Gasteiger partial charge in [0.1, 0.15) is 0 Å². The second kappa shape index (κ2) is 14.7. The van der Waals surface area contributed by atoms with Crippen molar-refractivity contribution in [3.63, 3.8) is 0 Å². The minimum Gasteiger partial charge on any atom is -0.446 e. The molecule has 4 saturated carbocycles. The van der Waals surface area contributed by atoms with Crippen molar-refractivity contribution in [2.75, 3.05) is 6.54 Å². The number of carbonyl (C=O) groups is 2. The Morgan fingerprint density at radius 2 is 1.40 bits per heavy atom. The summed E-state index contributed by atoms with van der Waals surface area (Å²) in [6, 6.07) is 0. The number of ether oxygens (including phenoxy) is 2. The first-order valence-electron chi connectivity index (χ1n) is 18.3. The van der Waals surface area contributed by atoms with Crippen molar-refractivity contribution in [3.05, 3.63) is 0 Å². The maximum atomic E-state index is 12.9. The highest BCUT2D eigenvalue weighted by molar-refractivity contribution is 5.70. The van der Waals surface area contributed by atoms with Gasteiger partial charge in [-0.05, 0) is 74.2 Å². The third kappa shape index (κ3) is 7.00. The molecule has 5 heteroatoms. The smallest absolute Gasteiger partial charge is 0.307 e. The molecule has 0 spiro atoms. The van der Waals surface area contributed by atoms with Crippen LogP contribution in [0.3, 0.4) is 0 Å². The molecule has 4 rings (SSSR count). The summed E-state index contributed by atoms with van der Waals surface area (Å²) < 4.78 is 12.5. The number of rotatable bonds is 16. The summed E-state index contributed by atoms with van der Waals surface area (Å²) in [6.45, 7) is 11.8. The van der Waals surface area contributed by atoms with Gasteiger partial charge in [0.2, 0.25) is 0 Å². The number of unbranched alkanes of at least 4 members (excludes halogenated alkanes) is 9. The van der Waals surface area contributed by atoms with Crippen molar-refractivity contribution in [1.29, 1.82) is 0 Å². The van der Waals surface area contributed by atoms with E-state index in [2.05, 4.69) is 32.0 Å². The maximum absolute atomic E-state index is 12.9. The molecule has 0 aromatic heterocycles. The van der Waals surface area contributed by atoms with E-state index in [9.17, 15) is 9.59 Å². The lowest BCUT2D eigenvalue weighted by Crippen LogP contribution is -2.62. The summed E-state index contributed by atoms with van der Waals surface area (Å²) in [5.41, 5.74) is -1.31. The summed E-state index contributed by atoms with van der Waals surface area (Å²) in [7, 11) is 0. The Morgan fingerprint density at radius 3 is 2.02 bits per heavy atom. The van der Waals surface area contributed by atoms with Crippen LogP contribution in [0.1, 0.15) is 163 Å². The molecule has 5 nitrogen and oxygen atoms in total. The van der Waals surface area contributed by atoms with Crippen LogP contribution in [0.4, 0.5) is 0 Å². The lowest BCUT2D eigenvalue weighted by atomic mass is 9.47. The van der Waals surface area contributed by atoms with Gasteiger partial charge in [0.05, 0.1) is 0 Å². The molecule has 8 atom stereocenters. The van der Waals surface area contributed by atoms with Crippen LogP contribution in [-0.4, -0.2) is 29.8 Å². The number of hydrogen-bond donors (Lipinski definition) is 1. The molecule has 0 radical (unpaired) electrons. The zero-order valence-electron chi connectivity index (χ0n) is 28.4. The number of hydrogen-bond acceptors (Lipinski definition) is 5. The molecule has 0 aromatic rings. The largest absolute Gasteiger partial charge is 0.446 e. The fourth-order valence-electron chi connectivity index (χ4n) is 10.4. The van der Waals surface area contributed by atoms with E-state index in [1.54, 1.807) is 0 Å². The molecule has 0 amide bonds. The predicted octanol–water partition coefficient (Wildman–Crippen LogP) is 9.12. The molecule has 244 valence electrons. The van der Waals surface area contributed by atoms with Gasteiger partial charge in [0.25, 0.3) is 0 Å². The van der Waals surface area contributed by atoms with Crippen LogP contribution in [0.2, 0.25) is 0 Å². The van der Waals surface area contributed by atoms with Crippen LogP contribution >= 0.6 is 0 Å². The van der Waals surface area contributed by atoms with E-state index in [1.807, 2.05) is 13.8 Å². The summed E-state index contributed by atoms with van der Waals surface area (Å²) >= 11 is 0. The Kier molecular flexibility index (Phi) is 11.7. The van der Waals surface area contributed by atoms with Gasteiger partial charge in [0, 0.05) is 37.5 Å². The average Bonchev–Trinajstić information content (AvgIpc) is 3.46. The Morgan fingerprint density at radius 1 is 0.791 bits per heavy atom. The molecule has 43 heavy (non-hydrogen) atoms. The van der Waals surface area contributed by atoms with Gasteiger partial charge in [-0.3, -0.25) is 14.9 Å². The molecule has 0 heterocycles. The zero-order chi connectivity index (χ0) is 31.1.